The summed E-state index contributed by atoms with van der Waals surface area (Å²) < 4.78 is 1.42. The van der Waals surface area contributed by atoms with E-state index in [-0.39, 0.29) is 23.7 Å². The van der Waals surface area contributed by atoms with Gasteiger partial charge in [0, 0.05) is 31.1 Å². The van der Waals surface area contributed by atoms with Crippen LogP contribution in [0.3, 0.4) is 0 Å². The van der Waals surface area contributed by atoms with Crippen LogP contribution in [0.5, 0.6) is 0 Å². The fourth-order valence-electron chi connectivity index (χ4n) is 1.44. The van der Waals surface area contributed by atoms with E-state index >= 15 is 0 Å². The molecule has 0 fully saturated rings. The van der Waals surface area contributed by atoms with Crippen LogP contribution in [0, 0.1) is 6.92 Å². The molecule has 0 radical (unpaired) electrons. The second kappa shape index (κ2) is 6.34. The minimum Gasteiger partial charge on any atom is -0.481 e. The van der Waals surface area contributed by atoms with Gasteiger partial charge in [0.05, 0.1) is 0 Å². The molecule has 18 heavy (non-hydrogen) atoms. The third-order valence-corrected chi connectivity index (χ3v) is 3.46. The van der Waals surface area contributed by atoms with Gasteiger partial charge < -0.3 is 10.0 Å². The van der Waals surface area contributed by atoms with E-state index in [1.165, 1.54) is 9.47 Å². The van der Waals surface area contributed by atoms with Crippen LogP contribution in [0.15, 0.2) is 10.2 Å². The molecule has 0 spiro atoms. The smallest absolute Gasteiger partial charge is 0.307 e. The number of likely N-dealkylation sites (N-methyl/N-ethyl adjacent to an activating group) is 1. The van der Waals surface area contributed by atoms with Gasteiger partial charge in [-0.3, -0.25) is 19.0 Å². The summed E-state index contributed by atoms with van der Waals surface area (Å²) in [6.45, 7) is 2.16. The van der Waals surface area contributed by atoms with Gasteiger partial charge in [-0.05, 0) is 13.3 Å². The molecule has 0 unspecified atom stereocenters. The minimum absolute atomic E-state index is 0.0116. The number of rotatable bonds is 6. The number of nitrogens with zero attached hydrogens (tertiary/aromatic N) is 2. The van der Waals surface area contributed by atoms with Gasteiger partial charge in [0.2, 0.25) is 5.91 Å². The number of hydrogen-bond acceptors (Lipinski definition) is 4. The molecular formula is C11H16N2O4S. The monoisotopic (exact) mass is 272 g/mol. The molecule has 0 saturated carbocycles. The minimum atomic E-state index is -0.874. The predicted molar refractivity (Wildman–Crippen MR) is 67.8 cm³/mol. The van der Waals surface area contributed by atoms with Crippen molar-refractivity contribution in [1.29, 1.82) is 0 Å². The van der Waals surface area contributed by atoms with E-state index in [4.69, 9.17) is 5.11 Å². The highest BCUT2D eigenvalue weighted by atomic mass is 32.1. The lowest BCUT2D eigenvalue weighted by atomic mass is 10.3. The van der Waals surface area contributed by atoms with Crippen molar-refractivity contribution in [3.63, 3.8) is 0 Å². The Bertz CT molecular complexity index is 491. The first-order valence-electron chi connectivity index (χ1n) is 5.52. The number of carbonyl (C=O) groups excluding carboxylic acids is 1. The molecule has 0 aliphatic carbocycles. The Kier molecular flexibility index (Phi) is 5.08. The van der Waals surface area contributed by atoms with Gasteiger partial charge >= 0.3 is 10.8 Å². The lowest BCUT2D eigenvalue weighted by Crippen LogP contribution is -2.33. The molecule has 1 aromatic heterocycles. The SMILES string of the molecule is Cc1csc(=O)n1CC(=O)N(C)CCCC(=O)O. The van der Waals surface area contributed by atoms with E-state index in [1.807, 2.05) is 0 Å². The summed E-state index contributed by atoms with van der Waals surface area (Å²) in [5, 5.41) is 10.2. The molecule has 1 N–H and O–H groups in total. The zero-order valence-corrected chi connectivity index (χ0v) is 11.2. The maximum Gasteiger partial charge on any atom is 0.307 e. The molecule has 0 atom stereocenters. The zero-order chi connectivity index (χ0) is 13.7. The van der Waals surface area contributed by atoms with Gasteiger partial charge in [-0.2, -0.15) is 0 Å². The number of aromatic nitrogens is 1. The summed E-state index contributed by atoms with van der Waals surface area (Å²) in [4.78, 5) is 34.9. The summed E-state index contributed by atoms with van der Waals surface area (Å²) in [5.74, 6) is -1.07. The van der Waals surface area contributed by atoms with Crippen molar-refractivity contribution < 1.29 is 14.7 Å². The molecule has 0 bridgehead atoms. The number of aryl methyl sites for hydroxylation is 1. The lowest BCUT2D eigenvalue weighted by Gasteiger charge is -2.17. The van der Waals surface area contributed by atoms with E-state index in [0.29, 0.717) is 13.0 Å². The Labute approximate surface area is 108 Å². The number of carboxylic acid groups (broad SMARTS) is 1. The first-order chi connectivity index (χ1) is 8.41. The van der Waals surface area contributed by atoms with Gasteiger partial charge in [0.1, 0.15) is 6.54 Å². The van der Waals surface area contributed by atoms with Crippen molar-refractivity contribution in [3.8, 4) is 0 Å². The van der Waals surface area contributed by atoms with Crippen molar-refractivity contribution >= 4 is 23.2 Å². The highest BCUT2D eigenvalue weighted by Crippen LogP contribution is 2.01. The van der Waals surface area contributed by atoms with Crippen molar-refractivity contribution in [2.75, 3.05) is 13.6 Å². The second-order valence-electron chi connectivity index (χ2n) is 4.04. The Morgan fingerprint density at radius 3 is 2.67 bits per heavy atom. The zero-order valence-electron chi connectivity index (χ0n) is 10.4. The van der Waals surface area contributed by atoms with Crippen molar-refractivity contribution in [2.45, 2.75) is 26.3 Å². The number of aliphatic carboxylic acids is 1. The Morgan fingerprint density at radius 1 is 1.50 bits per heavy atom. The number of carboxylic acids is 1. The first-order valence-corrected chi connectivity index (χ1v) is 6.40. The van der Waals surface area contributed by atoms with E-state index in [0.717, 1.165) is 17.0 Å². The van der Waals surface area contributed by atoms with E-state index in [1.54, 1.807) is 19.4 Å². The largest absolute Gasteiger partial charge is 0.481 e. The van der Waals surface area contributed by atoms with Gasteiger partial charge in [0.25, 0.3) is 0 Å². The van der Waals surface area contributed by atoms with Gasteiger partial charge in [-0.1, -0.05) is 11.3 Å². The molecule has 0 aliphatic heterocycles. The average Bonchev–Trinajstić information content (AvgIpc) is 2.60. The summed E-state index contributed by atoms with van der Waals surface area (Å²) in [6.07, 6.45) is 0.449. The molecule has 7 heteroatoms. The van der Waals surface area contributed by atoms with Crippen LogP contribution in [-0.2, 0) is 16.1 Å². The Hall–Kier alpha value is -1.63. The molecule has 0 aliphatic rings. The molecule has 1 amide bonds. The van der Waals surface area contributed by atoms with Crippen LogP contribution >= 0.6 is 11.3 Å². The maximum absolute atomic E-state index is 11.8. The van der Waals surface area contributed by atoms with Crippen LogP contribution in [0.2, 0.25) is 0 Å². The van der Waals surface area contributed by atoms with Crippen molar-refractivity contribution in [1.82, 2.24) is 9.47 Å². The fourth-order valence-corrected chi connectivity index (χ4v) is 2.18. The standard InChI is InChI=1S/C11H16N2O4S/c1-8-7-18-11(17)13(8)6-9(14)12(2)5-3-4-10(15)16/h7H,3-6H2,1-2H3,(H,15,16). The molecule has 0 saturated heterocycles. The summed E-state index contributed by atoms with van der Waals surface area (Å²) in [5.41, 5.74) is 0.761. The number of amides is 1. The van der Waals surface area contributed by atoms with E-state index in [9.17, 15) is 14.4 Å². The highest BCUT2D eigenvalue weighted by Gasteiger charge is 2.12. The molecule has 1 heterocycles. The van der Waals surface area contributed by atoms with Gasteiger partial charge in [-0.25, -0.2) is 0 Å². The third kappa shape index (κ3) is 3.99. The van der Waals surface area contributed by atoms with Crippen LogP contribution in [0.1, 0.15) is 18.5 Å². The van der Waals surface area contributed by atoms with Crippen LogP contribution in [-0.4, -0.2) is 40.0 Å². The molecule has 100 valence electrons. The average molecular weight is 272 g/mol. The summed E-state index contributed by atoms with van der Waals surface area (Å²) in [7, 11) is 1.61. The maximum atomic E-state index is 11.8. The second-order valence-corrected chi connectivity index (χ2v) is 4.86. The molecular weight excluding hydrogens is 256 g/mol. The molecule has 1 rings (SSSR count). The lowest BCUT2D eigenvalue weighted by molar-refractivity contribution is -0.138. The third-order valence-electron chi connectivity index (χ3n) is 2.58. The predicted octanol–water partition coefficient (Wildman–Crippen LogP) is 0.541. The van der Waals surface area contributed by atoms with Gasteiger partial charge in [-0.15, -0.1) is 0 Å². The first kappa shape index (κ1) is 14.4. The molecule has 0 aromatic carbocycles. The molecule has 6 nitrogen and oxygen atoms in total. The number of carbonyl (C=O) groups is 2. The van der Waals surface area contributed by atoms with Crippen molar-refractivity contribution in [3.05, 3.63) is 20.7 Å². The number of hydrogen-bond donors (Lipinski definition) is 1. The number of thiazole rings is 1. The summed E-state index contributed by atoms with van der Waals surface area (Å²) in [6, 6.07) is 0. The topological polar surface area (TPSA) is 79.6 Å². The van der Waals surface area contributed by atoms with Crippen molar-refractivity contribution in [2.24, 2.45) is 0 Å². The van der Waals surface area contributed by atoms with E-state index in [2.05, 4.69) is 0 Å². The molecule has 1 aromatic rings. The van der Waals surface area contributed by atoms with Crippen LogP contribution in [0.25, 0.3) is 0 Å². The Morgan fingerprint density at radius 2 is 2.17 bits per heavy atom. The van der Waals surface area contributed by atoms with Gasteiger partial charge in [0.15, 0.2) is 0 Å². The van der Waals surface area contributed by atoms with Crippen LogP contribution < -0.4 is 4.87 Å². The fraction of sp³-hybridized carbons (Fsp3) is 0.545. The summed E-state index contributed by atoms with van der Waals surface area (Å²) >= 11 is 1.07. The normalized spacial score (nSPS) is 10.3. The quantitative estimate of drug-likeness (QED) is 0.819. The Balaban J connectivity index is 2.50. The van der Waals surface area contributed by atoms with E-state index < -0.39 is 5.97 Å². The van der Waals surface area contributed by atoms with Crippen LogP contribution in [0.4, 0.5) is 0 Å². The highest BCUT2D eigenvalue weighted by molar-refractivity contribution is 7.07.